The SMILES string of the molecule is Cc1ccc(N(C)Cc2cc(C(=O)O)ccc2F)c(C)c1. The number of hydrogen-bond donors (Lipinski definition) is 1. The van der Waals surface area contributed by atoms with E-state index in [1.165, 1.54) is 23.8 Å². The van der Waals surface area contributed by atoms with E-state index < -0.39 is 11.8 Å². The van der Waals surface area contributed by atoms with Gasteiger partial charge in [0.25, 0.3) is 0 Å². The summed E-state index contributed by atoms with van der Waals surface area (Å²) < 4.78 is 13.9. The van der Waals surface area contributed by atoms with Crippen LogP contribution in [0.3, 0.4) is 0 Å². The number of carbonyl (C=O) groups is 1. The molecule has 0 heterocycles. The third-order valence-corrected chi connectivity index (χ3v) is 3.46. The first-order valence-electron chi connectivity index (χ1n) is 6.68. The maximum atomic E-state index is 13.9. The normalized spacial score (nSPS) is 10.5. The summed E-state index contributed by atoms with van der Waals surface area (Å²) in [5.74, 6) is -1.44. The van der Waals surface area contributed by atoms with Gasteiger partial charge in [0.1, 0.15) is 5.82 Å². The van der Waals surface area contributed by atoms with Gasteiger partial charge < -0.3 is 10.0 Å². The summed E-state index contributed by atoms with van der Waals surface area (Å²) in [6, 6.07) is 9.92. The van der Waals surface area contributed by atoms with Crippen LogP contribution in [0.15, 0.2) is 36.4 Å². The van der Waals surface area contributed by atoms with Crippen molar-refractivity contribution in [1.82, 2.24) is 0 Å². The van der Waals surface area contributed by atoms with Crippen molar-refractivity contribution in [2.75, 3.05) is 11.9 Å². The lowest BCUT2D eigenvalue weighted by atomic mass is 10.1. The third kappa shape index (κ3) is 3.40. The molecule has 0 unspecified atom stereocenters. The lowest BCUT2D eigenvalue weighted by Gasteiger charge is -2.22. The van der Waals surface area contributed by atoms with Gasteiger partial charge in [-0.15, -0.1) is 0 Å². The molecule has 1 N–H and O–H groups in total. The number of aryl methyl sites for hydroxylation is 2. The van der Waals surface area contributed by atoms with E-state index >= 15 is 0 Å². The minimum absolute atomic E-state index is 0.0976. The summed E-state index contributed by atoms with van der Waals surface area (Å²) in [6.07, 6.45) is 0. The fourth-order valence-corrected chi connectivity index (χ4v) is 2.40. The molecule has 110 valence electrons. The van der Waals surface area contributed by atoms with Crippen LogP contribution in [-0.4, -0.2) is 18.1 Å². The van der Waals surface area contributed by atoms with Crippen LogP contribution in [-0.2, 0) is 6.54 Å². The second-order valence-electron chi connectivity index (χ2n) is 5.26. The highest BCUT2D eigenvalue weighted by Gasteiger charge is 2.12. The predicted octanol–water partition coefficient (Wildman–Crippen LogP) is 3.78. The Morgan fingerprint density at radius 2 is 1.90 bits per heavy atom. The molecule has 0 spiro atoms. The second-order valence-corrected chi connectivity index (χ2v) is 5.26. The average molecular weight is 287 g/mol. The van der Waals surface area contributed by atoms with Crippen molar-refractivity contribution in [3.8, 4) is 0 Å². The Morgan fingerprint density at radius 1 is 1.19 bits per heavy atom. The van der Waals surface area contributed by atoms with Crippen LogP contribution in [0.1, 0.15) is 27.0 Å². The van der Waals surface area contributed by atoms with E-state index in [1.54, 1.807) is 0 Å². The highest BCUT2D eigenvalue weighted by molar-refractivity contribution is 5.87. The van der Waals surface area contributed by atoms with Gasteiger partial charge in [0.2, 0.25) is 0 Å². The monoisotopic (exact) mass is 287 g/mol. The predicted molar refractivity (Wildman–Crippen MR) is 81.4 cm³/mol. The van der Waals surface area contributed by atoms with Gasteiger partial charge in [-0.25, -0.2) is 9.18 Å². The third-order valence-electron chi connectivity index (χ3n) is 3.46. The van der Waals surface area contributed by atoms with Crippen molar-refractivity contribution in [2.45, 2.75) is 20.4 Å². The molecule has 0 aliphatic heterocycles. The van der Waals surface area contributed by atoms with Crippen molar-refractivity contribution in [3.05, 3.63) is 64.5 Å². The largest absolute Gasteiger partial charge is 0.478 e. The summed E-state index contributed by atoms with van der Waals surface area (Å²) in [4.78, 5) is 12.9. The van der Waals surface area contributed by atoms with E-state index in [1.807, 2.05) is 37.9 Å². The standard InChI is InChI=1S/C17H18FNO2/c1-11-4-7-16(12(2)8-11)19(3)10-14-9-13(17(20)21)5-6-15(14)18/h4-9H,10H2,1-3H3,(H,20,21). The lowest BCUT2D eigenvalue weighted by molar-refractivity contribution is 0.0696. The average Bonchev–Trinajstić information content (AvgIpc) is 2.40. The topological polar surface area (TPSA) is 40.5 Å². The summed E-state index contributed by atoms with van der Waals surface area (Å²) in [5.41, 5.74) is 3.74. The molecule has 0 aliphatic rings. The molecule has 2 rings (SSSR count). The molecule has 0 atom stereocenters. The molecule has 0 bridgehead atoms. The first-order chi connectivity index (χ1) is 9.88. The molecule has 2 aromatic carbocycles. The molecule has 0 amide bonds. The van der Waals surface area contributed by atoms with Gasteiger partial charge in [-0.2, -0.15) is 0 Å². The Kier molecular flexibility index (Phi) is 4.26. The van der Waals surface area contributed by atoms with E-state index in [-0.39, 0.29) is 5.56 Å². The summed E-state index contributed by atoms with van der Waals surface area (Å²) in [5, 5.41) is 8.99. The molecule has 0 aliphatic carbocycles. The molecular weight excluding hydrogens is 269 g/mol. The van der Waals surface area contributed by atoms with Crippen LogP contribution in [0.2, 0.25) is 0 Å². The van der Waals surface area contributed by atoms with Crippen molar-refractivity contribution < 1.29 is 14.3 Å². The van der Waals surface area contributed by atoms with Crippen molar-refractivity contribution in [2.24, 2.45) is 0 Å². The minimum Gasteiger partial charge on any atom is -0.478 e. The van der Waals surface area contributed by atoms with Crippen LogP contribution in [0.5, 0.6) is 0 Å². The van der Waals surface area contributed by atoms with Gasteiger partial charge in [0, 0.05) is 24.8 Å². The smallest absolute Gasteiger partial charge is 0.335 e. The molecule has 21 heavy (non-hydrogen) atoms. The fraction of sp³-hybridized carbons (Fsp3) is 0.235. The maximum absolute atomic E-state index is 13.9. The van der Waals surface area contributed by atoms with E-state index in [4.69, 9.17) is 5.11 Å². The molecule has 0 aromatic heterocycles. The van der Waals surface area contributed by atoms with Crippen LogP contribution in [0.4, 0.5) is 10.1 Å². The molecule has 0 saturated carbocycles. The molecular formula is C17H18FNO2. The van der Waals surface area contributed by atoms with Gasteiger partial charge >= 0.3 is 5.97 Å². The molecule has 3 nitrogen and oxygen atoms in total. The Balaban J connectivity index is 2.28. The van der Waals surface area contributed by atoms with E-state index in [9.17, 15) is 9.18 Å². The zero-order valence-electron chi connectivity index (χ0n) is 12.4. The van der Waals surface area contributed by atoms with E-state index in [0.717, 1.165) is 11.3 Å². The van der Waals surface area contributed by atoms with E-state index in [2.05, 4.69) is 6.07 Å². The maximum Gasteiger partial charge on any atom is 0.335 e. The number of carboxylic acid groups (broad SMARTS) is 1. The van der Waals surface area contributed by atoms with Gasteiger partial charge in [0.15, 0.2) is 0 Å². The first kappa shape index (κ1) is 15.0. The lowest BCUT2D eigenvalue weighted by Crippen LogP contribution is -2.18. The highest BCUT2D eigenvalue weighted by Crippen LogP contribution is 2.22. The van der Waals surface area contributed by atoms with Crippen LogP contribution >= 0.6 is 0 Å². The van der Waals surface area contributed by atoms with Gasteiger partial charge in [0.05, 0.1) is 5.56 Å². The Labute approximate surface area is 123 Å². The Hall–Kier alpha value is -2.36. The first-order valence-corrected chi connectivity index (χ1v) is 6.68. The van der Waals surface area contributed by atoms with Crippen molar-refractivity contribution in [3.63, 3.8) is 0 Å². The van der Waals surface area contributed by atoms with Crippen molar-refractivity contribution in [1.29, 1.82) is 0 Å². The van der Waals surface area contributed by atoms with Gasteiger partial charge in [-0.1, -0.05) is 17.7 Å². The Morgan fingerprint density at radius 3 is 2.52 bits per heavy atom. The van der Waals surface area contributed by atoms with Gasteiger partial charge in [-0.05, 0) is 43.7 Å². The number of anilines is 1. The number of halogens is 1. The summed E-state index contributed by atoms with van der Waals surface area (Å²) in [6.45, 7) is 4.34. The zero-order valence-corrected chi connectivity index (χ0v) is 12.4. The van der Waals surface area contributed by atoms with Crippen molar-refractivity contribution >= 4 is 11.7 Å². The fourth-order valence-electron chi connectivity index (χ4n) is 2.40. The number of rotatable bonds is 4. The van der Waals surface area contributed by atoms with Gasteiger partial charge in [-0.3, -0.25) is 0 Å². The van der Waals surface area contributed by atoms with E-state index in [0.29, 0.717) is 12.1 Å². The molecule has 0 saturated heterocycles. The number of benzene rings is 2. The Bertz CT molecular complexity index is 682. The summed E-state index contributed by atoms with van der Waals surface area (Å²) >= 11 is 0. The molecule has 0 fully saturated rings. The summed E-state index contributed by atoms with van der Waals surface area (Å²) in [7, 11) is 1.87. The molecule has 0 radical (unpaired) electrons. The quantitative estimate of drug-likeness (QED) is 0.930. The molecule has 4 heteroatoms. The number of aromatic carboxylic acids is 1. The molecule has 2 aromatic rings. The minimum atomic E-state index is -1.05. The number of hydrogen-bond acceptors (Lipinski definition) is 2. The van der Waals surface area contributed by atoms with Crippen LogP contribution < -0.4 is 4.90 Å². The number of carboxylic acids is 1. The van der Waals surface area contributed by atoms with Crippen LogP contribution in [0.25, 0.3) is 0 Å². The number of nitrogens with zero attached hydrogens (tertiary/aromatic N) is 1. The second kappa shape index (κ2) is 5.95. The highest BCUT2D eigenvalue weighted by atomic mass is 19.1. The van der Waals surface area contributed by atoms with Crippen LogP contribution in [0, 0.1) is 19.7 Å². The zero-order chi connectivity index (χ0) is 15.6.